The molecule has 0 saturated heterocycles. The molecule has 0 heterocycles. The average Bonchev–Trinajstić information content (AvgIpc) is 2.34. The average molecular weight is 229 g/mol. The van der Waals surface area contributed by atoms with Gasteiger partial charge in [-0.1, -0.05) is 19.3 Å². The van der Waals surface area contributed by atoms with E-state index >= 15 is 0 Å². The molecule has 0 spiro atoms. The Kier molecular flexibility index (Phi) is 8.77. The molecule has 3 heteroatoms. The number of methoxy groups -OCH3 is 1. The van der Waals surface area contributed by atoms with Gasteiger partial charge in [-0.2, -0.15) is 0 Å². The first-order valence-electron chi connectivity index (χ1n) is 6.74. The van der Waals surface area contributed by atoms with Gasteiger partial charge in [-0.15, -0.1) is 0 Å². The van der Waals surface area contributed by atoms with Crippen LogP contribution in [0, 0.1) is 0 Å². The predicted octanol–water partition coefficient (Wildman–Crippen LogP) is 2.35. The molecule has 0 atom stereocenters. The minimum atomic E-state index is 0.545. The highest BCUT2D eigenvalue weighted by atomic mass is 16.5. The summed E-state index contributed by atoms with van der Waals surface area (Å²) in [7, 11) is 1.76. The third-order valence-electron chi connectivity index (χ3n) is 3.14. The monoisotopic (exact) mass is 229 g/mol. The molecule has 16 heavy (non-hydrogen) atoms. The molecule has 3 nitrogen and oxygen atoms in total. The summed E-state index contributed by atoms with van der Waals surface area (Å²) in [6.07, 6.45) is 9.54. The molecule has 0 unspecified atom stereocenters. The van der Waals surface area contributed by atoms with Crippen molar-refractivity contribution in [2.45, 2.75) is 51.0 Å². The highest BCUT2D eigenvalue weighted by Crippen LogP contribution is 2.19. The lowest BCUT2D eigenvalue weighted by Gasteiger charge is -2.22. The molecular weight excluding hydrogens is 202 g/mol. The van der Waals surface area contributed by atoms with E-state index < -0.39 is 0 Å². The van der Waals surface area contributed by atoms with Crippen molar-refractivity contribution in [1.29, 1.82) is 0 Å². The van der Waals surface area contributed by atoms with Crippen LogP contribution in [0.4, 0.5) is 0 Å². The highest BCUT2D eigenvalue weighted by Gasteiger charge is 2.12. The van der Waals surface area contributed by atoms with Gasteiger partial charge >= 0.3 is 0 Å². The van der Waals surface area contributed by atoms with Crippen LogP contribution < -0.4 is 5.32 Å². The van der Waals surface area contributed by atoms with Gasteiger partial charge in [-0.25, -0.2) is 0 Å². The van der Waals surface area contributed by atoms with Crippen LogP contribution in [0.5, 0.6) is 0 Å². The van der Waals surface area contributed by atoms with Crippen molar-refractivity contribution in [3.05, 3.63) is 0 Å². The van der Waals surface area contributed by atoms with E-state index in [0.717, 1.165) is 32.7 Å². The van der Waals surface area contributed by atoms with Gasteiger partial charge < -0.3 is 14.8 Å². The highest BCUT2D eigenvalue weighted by molar-refractivity contribution is 4.65. The summed E-state index contributed by atoms with van der Waals surface area (Å²) in [6.45, 7) is 3.82. The standard InChI is InChI=1S/C13H27NO2/c1-15-11-6-5-9-14-10-12-16-13-7-3-2-4-8-13/h13-14H,2-12H2,1H3. The van der Waals surface area contributed by atoms with Crippen LogP contribution in [-0.2, 0) is 9.47 Å². The first-order valence-corrected chi connectivity index (χ1v) is 6.74. The molecule has 0 amide bonds. The van der Waals surface area contributed by atoms with Crippen LogP contribution in [0.1, 0.15) is 44.9 Å². The maximum Gasteiger partial charge on any atom is 0.0594 e. The van der Waals surface area contributed by atoms with Crippen LogP contribution in [0.25, 0.3) is 0 Å². The fourth-order valence-corrected chi connectivity index (χ4v) is 2.15. The molecular formula is C13H27NO2. The van der Waals surface area contributed by atoms with Crippen LogP contribution in [-0.4, -0.2) is 39.5 Å². The second-order valence-electron chi connectivity index (χ2n) is 4.58. The molecule has 1 saturated carbocycles. The Morgan fingerprint density at radius 3 is 2.56 bits per heavy atom. The number of hydrogen-bond donors (Lipinski definition) is 1. The van der Waals surface area contributed by atoms with E-state index in [2.05, 4.69) is 5.32 Å². The molecule has 0 aliphatic heterocycles. The summed E-state index contributed by atoms with van der Waals surface area (Å²) in [5.41, 5.74) is 0. The van der Waals surface area contributed by atoms with Crippen molar-refractivity contribution in [2.24, 2.45) is 0 Å². The van der Waals surface area contributed by atoms with Crippen molar-refractivity contribution >= 4 is 0 Å². The zero-order valence-corrected chi connectivity index (χ0v) is 10.7. The van der Waals surface area contributed by atoms with Crippen LogP contribution in [0.3, 0.4) is 0 Å². The van der Waals surface area contributed by atoms with Crippen LogP contribution >= 0.6 is 0 Å². The summed E-state index contributed by atoms with van der Waals surface area (Å²) < 4.78 is 10.8. The van der Waals surface area contributed by atoms with Crippen LogP contribution in [0.2, 0.25) is 0 Å². The first kappa shape index (κ1) is 13.9. The van der Waals surface area contributed by atoms with Gasteiger partial charge in [0, 0.05) is 20.3 Å². The van der Waals surface area contributed by atoms with Crippen molar-refractivity contribution in [3.63, 3.8) is 0 Å². The molecule has 0 aromatic heterocycles. The van der Waals surface area contributed by atoms with Crippen molar-refractivity contribution in [3.8, 4) is 0 Å². The summed E-state index contributed by atoms with van der Waals surface area (Å²) in [6, 6.07) is 0. The Hall–Kier alpha value is -0.120. The Morgan fingerprint density at radius 2 is 1.81 bits per heavy atom. The second kappa shape index (κ2) is 10.1. The van der Waals surface area contributed by atoms with E-state index in [0.29, 0.717) is 6.10 Å². The molecule has 1 fully saturated rings. The third-order valence-corrected chi connectivity index (χ3v) is 3.14. The minimum Gasteiger partial charge on any atom is -0.385 e. The lowest BCUT2D eigenvalue weighted by atomic mass is 9.98. The molecule has 96 valence electrons. The zero-order valence-electron chi connectivity index (χ0n) is 10.7. The van der Waals surface area contributed by atoms with Gasteiger partial charge in [-0.3, -0.25) is 0 Å². The van der Waals surface area contributed by atoms with Crippen molar-refractivity contribution in [2.75, 3.05) is 33.4 Å². The molecule has 1 N–H and O–H groups in total. The molecule has 1 rings (SSSR count). The first-order chi connectivity index (χ1) is 7.93. The summed E-state index contributed by atoms with van der Waals surface area (Å²) in [5, 5.41) is 3.40. The van der Waals surface area contributed by atoms with Gasteiger partial charge in [0.15, 0.2) is 0 Å². The summed E-state index contributed by atoms with van der Waals surface area (Å²) in [4.78, 5) is 0. The van der Waals surface area contributed by atoms with Gasteiger partial charge in [0.25, 0.3) is 0 Å². The Balaban J connectivity index is 1.77. The SMILES string of the molecule is COCCCCNCCOC1CCCCC1. The largest absolute Gasteiger partial charge is 0.385 e. The van der Waals surface area contributed by atoms with E-state index in [1.165, 1.54) is 38.5 Å². The quantitative estimate of drug-likeness (QED) is 0.616. The second-order valence-corrected chi connectivity index (χ2v) is 4.58. The fourth-order valence-electron chi connectivity index (χ4n) is 2.15. The van der Waals surface area contributed by atoms with Crippen LogP contribution in [0.15, 0.2) is 0 Å². The fraction of sp³-hybridized carbons (Fsp3) is 1.00. The lowest BCUT2D eigenvalue weighted by Crippen LogP contribution is -2.25. The topological polar surface area (TPSA) is 30.5 Å². The maximum absolute atomic E-state index is 5.82. The van der Waals surface area contributed by atoms with E-state index in [9.17, 15) is 0 Å². The Morgan fingerprint density at radius 1 is 1.00 bits per heavy atom. The normalized spacial score (nSPS) is 17.8. The number of hydrogen-bond acceptors (Lipinski definition) is 3. The zero-order chi connectivity index (χ0) is 11.5. The summed E-state index contributed by atoms with van der Waals surface area (Å²) in [5.74, 6) is 0. The van der Waals surface area contributed by atoms with E-state index in [-0.39, 0.29) is 0 Å². The number of ether oxygens (including phenoxy) is 2. The smallest absolute Gasteiger partial charge is 0.0594 e. The van der Waals surface area contributed by atoms with Crippen molar-refractivity contribution in [1.82, 2.24) is 5.32 Å². The third kappa shape index (κ3) is 7.20. The minimum absolute atomic E-state index is 0.545. The predicted molar refractivity (Wildman–Crippen MR) is 66.8 cm³/mol. The van der Waals surface area contributed by atoms with E-state index in [4.69, 9.17) is 9.47 Å². The number of nitrogens with one attached hydrogen (secondary N) is 1. The Labute approximate surface area is 99.9 Å². The number of rotatable bonds is 9. The molecule has 1 aliphatic rings. The summed E-state index contributed by atoms with van der Waals surface area (Å²) >= 11 is 0. The van der Waals surface area contributed by atoms with Gasteiger partial charge in [0.05, 0.1) is 12.7 Å². The molecule has 0 aromatic rings. The molecule has 1 aliphatic carbocycles. The molecule has 0 bridgehead atoms. The van der Waals surface area contributed by atoms with Crippen molar-refractivity contribution < 1.29 is 9.47 Å². The van der Waals surface area contributed by atoms with Gasteiger partial charge in [-0.05, 0) is 32.2 Å². The van der Waals surface area contributed by atoms with Gasteiger partial charge in [0.1, 0.15) is 0 Å². The van der Waals surface area contributed by atoms with E-state index in [1.807, 2.05) is 0 Å². The molecule has 0 radical (unpaired) electrons. The van der Waals surface area contributed by atoms with E-state index in [1.54, 1.807) is 7.11 Å². The Bertz CT molecular complexity index is 147. The lowest BCUT2D eigenvalue weighted by molar-refractivity contribution is 0.0303. The maximum atomic E-state index is 5.82. The number of unbranched alkanes of at least 4 members (excludes halogenated alkanes) is 1. The molecule has 0 aromatic carbocycles. The van der Waals surface area contributed by atoms with Gasteiger partial charge in [0.2, 0.25) is 0 Å².